The lowest BCUT2D eigenvalue weighted by Crippen LogP contribution is -2.23. The van der Waals surface area contributed by atoms with Gasteiger partial charge in [-0.2, -0.15) is 0 Å². The molecule has 3 aromatic rings. The van der Waals surface area contributed by atoms with Gasteiger partial charge in [0.1, 0.15) is 11.6 Å². The topological polar surface area (TPSA) is 84.3 Å². The Kier molecular flexibility index (Phi) is 6.76. The third-order valence-electron chi connectivity index (χ3n) is 5.18. The monoisotopic (exact) mass is 446 g/mol. The van der Waals surface area contributed by atoms with Gasteiger partial charge < -0.3 is 9.88 Å². The molecule has 0 atom stereocenters. The minimum atomic E-state index is -3.55. The largest absolute Gasteiger partial charge is 0.352 e. The zero-order chi connectivity index (χ0) is 22.8. The van der Waals surface area contributed by atoms with Crippen molar-refractivity contribution < 1.29 is 17.6 Å². The van der Waals surface area contributed by atoms with Crippen molar-refractivity contribution in [1.29, 1.82) is 0 Å². The Hall–Kier alpha value is -2.78. The molecule has 3 rings (SSSR count). The second-order valence-corrected chi connectivity index (χ2v) is 9.72. The minimum absolute atomic E-state index is 0.132. The second-order valence-electron chi connectivity index (χ2n) is 7.57. The summed E-state index contributed by atoms with van der Waals surface area (Å²) in [5.41, 5.74) is 2.79. The van der Waals surface area contributed by atoms with Crippen molar-refractivity contribution in [3.63, 3.8) is 0 Å². The van der Waals surface area contributed by atoms with E-state index >= 15 is 0 Å². The summed E-state index contributed by atoms with van der Waals surface area (Å²) in [6.07, 6.45) is 0.666. The molecule has 0 saturated heterocycles. The molecule has 0 radical (unpaired) electrons. The molecule has 0 saturated carbocycles. The van der Waals surface area contributed by atoms with Crippen molar-refractivity contribution in [3.8, 4) is 0 Å². The summed E-state index contributed by atoms with van der Waals surface area (Å²) in [6, 6.07) is 9.65. The quantitative estimate of drug-likeness (QED) is 0.577. The van der Waals surface area contributed by atoms with Crippen molar-refractivity contribution in [2.24, 2.45) is 0 Å². The van der Waals surface area contributed by atoms with E-state index in [0.717, 1.165) is 16.9 Å². The van der Waals surface area contributed by atoms with Crippen LogP contribution in [0.2, 0.25) is 0 Å². The van der Waals surface area contributed by atoms with Gasteiger partial charge in [0.25, 0.3) is 0 Å². The molecule has 1 heterocycles. The van der Waals surface area contributed by atoms with Gasteiger partial charge in [0.2, 0.25) is 15.9 Å². The number of nitrogens with zero attached hydrogens (tertiary/aromatic N) is 3. The van der Waals surface area contributed by atoms with Crippen molar-refractivity contribution in [3.05, 3.63) is 59.2 Å². The molecule has 0 fully saturated rings. The van der Waals surface area contributed by atoms with Gasteiger partial charge in [-0.05, 0) is 49.2 Å². The van der Waals surface area contributed by atoms with Gasteiger partial charge in [0.15, 0.2) is 0 Å². The number of sulfonamides is 1. The Labute approximate surface area is 181 Å². The standard InChI is InChI=1S/C22H27FN4O3S/c1-5-27-20-9-7-17(31(29,30)26(3)4)13-19(20)25-21(27)10-11-22(28)24-14-16-6-8-18(23)15(2)12-16/h6-9,12-13H,5,10-11,14H2,1-4H3,(H,24,28). The van der Waals surface area contributed by atoms with Crippen LogP contribution in [0.15, 0.2) is 41.3 Å². The Morgan fingerprint density at radius 2 is 1.94 bits per heavy atom. The third kappa shape index (κ3) is 4.94. The maximum atomic E-state index is 13.4. The van der Waals surface area contributed by atoms with E-state index in [1.54, 1.807) is 37.3 Å². The van der Waals surface area contributed by atoms with Crippen molar-refractivity contribution >= 4 is 27.0 Å². The van der Waals surface area contributed by atoms with E-state index in [0.29, 0.717) is 30.6 Å². The summed E-state index contributed by atoms with van der Waals surface area (Å²) in [4.78, 5) is 17.1. The normalized spacial score (nSPS) is 11.9. The Morgan fingerprint density at radius 3 is 2.58 bits per heavy atom. The highest BCUT2D eigenvalue weighted by molar-refractivity contribution is 7.89. The number of amides is 1. The van der Waals surface area contributed by atoms with Crippen LogP contribution in [-0.2, 0) is 34.3 Å². The van der Waals surface area contributed by atoms with Gasteiger partial charge in [-0.15, -0.1) is 0 Å². The molecule has 1 aromatic heterocycles. The summed E-state index contributed by atoms with van der Waals surface area (Å²) in [5, 5.41) is 2.85. The van der Waals surface area contributed by atoms with Crippen LogP contribution in [0, 0.1) is 12.7 Å². The molecule has 166 valence electrons. The zero-order valence-electron chi connectivity index (χ0n) is 18.1. The number of carbonyl (C=O) groups excluding carboxylic acids is 1. The van der Waals surface area contributed by atoms with E-state index in [2.05, 4.69) is 10.3 Å². The van der Waals surface area contributed by atoms with Crippen LogP contribution < -0.4 is 5.32 Å². The summed E-state index contributed by atoms with van der Waals surface area (Å²) in [5.74, 6) is 0.326. The van der Waals surface area contributed by atoms with Crippen LogP contribution in [0.5, 0.6) is 0 Å². The summed E-state index contributed by atoms with van der Waals surface area (Å²) in [7, 11) is -0.572. The number of aromatic nitrogens is 2. The molecule has 0 unspecified atom stereocenters. The van der Waals surface area contributed by atoms with Gasteiger partial charge in [-0.3, -0.25) is 4.79 Å². The first-order valence-corrected chi connectivity index (χ1v) is 11.5. The molecule has 0 aliphatic carbocycles. The number of carbonyl (C=O) groups is 1. The lowest BCUT2D eigenvalue weighted by atomic mass is 10.1. The van der Waals surface area contributed by atoms with Gasteiger partial charge in [-0.25, -0.2) is 22.1 Å². The average Bonchev–Trinajstić information content (AvgIpc) is 3.09. The molecule has 0 aliphatic heterocycles. The highest BCUT2D eigenvalue weighted by Gasteiger charge is 2.19. The van der Waals surface area contributed by atoms with Gasteiger partial charge in [0, 0.05) is 40.0 Å². The molecule has 1 amide bonds. The van der Waals surface area contributed by atoms with Crippen LogP contribution in [0.4, 0.5) is 4.39 Å². The number of imidazole rings is 1. The van der Waals surface area contributed by atoms with Crippen LogP contribution in [0.25, 0.3) is 11.0 Å². The van der Waals surface area contributed by atoms with E-state index in [-0.39, 0.29) is 23.0 Å². The van der Waals surface area contributed by atoms with Crippen molar-refractivity contribution in [1.82, 2.24) is 19.2 Å². The summed E-state index contributed by atoms with van der Waals surface area (Å²) >= 11 is 0. The van der Waals surface area contributed by atoms with E-state index in [1.807, 2.05) is 11.5 Å². The first kappa shape index (κ1) is 22.9. The molecule has 2 aromatic carbocycles. The maximum Gasteiger partial charge on any atom is 0.242 e. The van der Waals surface area contributed by atoms with Gasteiger partial charge in [-0.1, -0.05) is 12.1 Å². The second kappa shape index (κ2) is 9.15. The number of hydrogen-bond acceptors (Lipinski definition) is 4. The number of fused-ring (bicyclic) bond motifs is 1. The number of rotatable bonds is 8. The Bertz CT molecular complexity index is 1220. The fourth-order valence-electron chi connectivity index (χ4n) is 3.41. The van der Waals surface area contributed by atoms with E-state index < -0.39 is 10.0 Å². The smallest absolute Gasteiger partial charge is 0.242 e. The molecule has 0 aliphatic rings. The van der Waals surface area contributed by atoms with Gasteiger partial charge >= 0.3 is 0 Å². The van der Waals surface area contributed by atoms with E-state index in [1.165, 1.54) is 24.5 Å². The van der Waals surface area contributed by atoms with Crippen molar-refractivity contribution in [2.45, 2.75) is 44.7 Å². The molecule has 1 N–H and O–H groups in total. The fourth-order valence-corrected chi connectivity index (χ4v) is 4.33. The lowest BCUT2D eigenvalue weighted by molar-refractivity contribution is -0.121. The number of benzene rings is 2. The Morgan fingerprint density at radius 1 is 1.19 bits per heavy atom. The van der Waals surface area contributed by atoms with Crippen LogP contribution in [-0.4, -0.2) is 42.3 Å². The third-order valence-corrected chi connectivity index (χ3v) is 6.99. The number of hydrogen-bond donors (Lipinski definition) is 1. The van der Waals surface area contributed by atoms with Crippen LogP contribution in [0.1, 0.15) is 30.3 Å². The van der Waals surface area contributed by atoms with Crippen LogP contribution >= 0.6 is 0 Å². The van der Waals surface area contributed by atoms with Crippen LogP contribution in [0.3, 0.4) is 0 Å². The molecule has 0 spiro atoms. The number of halogens is 1. The molecular weight excluding hydrogens is 419 g/mol. The summed E-state index contributed by atoms with van der Waals surface area (Å²) in [6.45, 7) is 4.65. The first-order valence-electron chi connectivity index (χ1n) is 10.1. The number of aryl methyl sites for hydroxylation is 3. The minimum Gasteiger partial charge on any atom is -0.352 e. The molecular formula is C22H27FN4O3S. The number of nitrogens with one attached hydrogen (secondary N) is 1. The molecule has 9 heteroatoms. The van der Waals surface area contributed by atoms with E-state index in [4.69, 9.17) is 0 Å². The predicted molar refractivity (Wildman–Crippen MR) is 118 cm³/mol. The average molecular weight is 447 g/mol. The maximum absolute atomic E-state index is 13.4. The predicted octanol–water partition coefficient (Wildman–Crippen LogP) is 3.00. The van der Waals surface area contributed by atoms with Gasteiger partial charge in [0.05, 0.1) is 15.9 Å². The SMILES string of the molecule is CCn1c(CCC(=O)NCc2ccc(F)c(C)c2)nc2cc(S(=O)(=O)N(C)C)ccc21. The summed E-state index contributed by atoms with van der Waals surface area (Å²) < 4.78 is 41.3. The fraction of sp³-hybridized carbons (Fsp3) is 0.364. The van der Waals surface area contributed by atoms with Crippen molar-refractivity contribution in [2.75, 3.05) is 14.1 Å². The molecule has 31 heavy (non-hydrogen) atoms. The molecule has 0 bridgehead atoms. The highest BCUT2D eigenvalue weighted by atomic mass is 32.2. The highest BCUT2D eigenvalue weighted by Crippen LogP contribution is 2.22. The molecule has 7 nitrogen and oxygen atoms in total. The first-order chi connectivity index (χ1) is 14.6. The zero-order valence-corrected chi connectivity index (χ0v) is 19.0. The van der Waals surface area contributed by atoms with E-state index in [9.17, 15) is 17.6 Å². The lowest BCUT2D eigenvalue weighted by Gasteiger charge is -2.11. The Balaban J connectivity index is 1.71.